The Kier molecular flexibility index (Phi) is 3.88. The summed E-state index contributed by atoms with van der Waals surface area (Å²) in [5.41, 5.74) is 0. The minimum absolute atomic E-state index is 0. The molecule has 0 aromatic carbocycles. The van der Waals surface area contributed by atoms with E-state index in [2.05, 4.69) is 4.98 Å². The number of aromatic amines is 1. The Morgan fingerprint density at radius 3 is 2.57 bits per heavy atom. The molecule has 7 heavy (non-hydrogen) atoms. The second-order valence-electron chi connectivity index (χ2n) is 0.852. The van der Waals surface area contributed by atoms with Gasteiger partial charge in [0.15, 0.2) is 3.95 Å². The molecule has 0 unspecified atom stereocenters. The quantitative estimate of drug-likeness (QED) is 0.525. The molecule has 0 saturated carbocycles. The molecule has 4 heteroatoms. The Morgan fingerprint density at radius 2 is 2.43 bits per heavy atom. The Morgan fingerprint density at radius 1 is 1.71 bits per heavy atom. The van der Waals surface area contributed by atoms with Crippen molar-refractivity contribution in [2.45, 2.75) is 0 Å². The number of nitrogens with one attached hydrogen (secondary N) is 1. The third kappa shape index (κ3) is 2.41. The van der Waals surface area contributed by atoms with Crippen LogP contribution in [0.3, 0.4) is 0 Å². The van der Waals surface area contributed by atoms with E-state index in [1.54, 1.807) is 0 Å². The molecule has 1 N–H and O–H groups in total. The van der Waals surface area contributed by atoms with E-state index < -0.39 is 0 Å². The van der Waals surface area contributed by atoms with E-state index in [0.29, 0.717) is 0 Å². The van der Waals surface area contributed by atoms with Gasteiger partial charge in [-0.2, -0.15) is 0 Å². The van der Waals surface area contributed by atoms with Gasteiger partial charge in [-0.15, -0.1) is 11.3 Å². The molecule has 0 spiro atoms. The zero-order valence-corrected chi connectivity index (χ0v) is 6.39. The predicted octanol–water partition coefficient (Wildman–Crippen LogP) is 1.80. The van der Waals surface area contributed by atoms with Crippen LogP contribution in [0.15, 0.2) is 11.6 Å². The van der Waals surface area contributed by atoms with E-state index in [0.717, 1.165) is 3.95 Å². The zero-order valence-electron chi connectivity index (χ0n) is 3.27. The normalized spacial score (nSPS) is 7.43. The average Bonchev–Trinajstić information content (AvgIpc) is 1.86. The molecule has 0 bridgehead atoms. The van der Waals surface area contributed by atoms with Gasteiger partial charge in [-0.05, 0) is 12.2 Å². The van der Waals surface area contributed by atoms with Crippen molar-refractivity contribution in [3.05, 3.63) is 15.5 Å². The van der Waals surface area contributed by atoms with Crippen LogP contribution in [-0.4, -0.2) is 4.98 Å². The van der Waals surface area contributed by atoms with Crippen molar-refractivity contribution in [3.63, 3.8) is 0 Å². The maximum Gasteiger partial charge on any atom is 0.158 e. The molecule has 0 aliphatic rings. The van der Waals surface area contributed by atoms with Crippen molar-refractivity contribution in [3.8, 4) is 0 Å². The molecule has 43 valence electrons. The van der Waals surface area contributed by atoms with Crippen LogP contribution in [0, 0.1) is 3.95 Å². The molecule has 1 aromatic rings. The molecule has 0 fully saturated rings. The van der Waals surface area contributed by atoms with Crippen LogP contribution in [0.1, 0.15) is 0 Å². The molecule has 0 atom stereocenters. The van der Waals surface area contributed by atoms with Crippen molar-refractivity contribution in [2.75, 3.05) is 0 Å². The van der Waals surface area contributed by atoms with E-state index >= 15 is 0 Å². The molecule has 1 nitrogen and oxygen atoms in total. The number of H-pyrrole nitrogens is 1. The number of thiazole rings is 1. The van der Waals surface area contributed by atoms with Crippen LogP contribution < -0.4 is 0 Å². The first-order valence-electron chi connectivity index (χ1n) is 1.52. The first-order valence-corrected chi connectivity index (χ1v) is 2.80. The van der Waals surface area contributed by atoms with Crippen LogP contribution in [0.5, 0.6) is 0 Å². The van der Waals surface area contributed by atoms with Crippen molar-refractivity contribution in [1.29, 1.82) is 0 Å². The molecular formula is C3H3AgNS2. The summed E-state index contributed by atoms with van der Waals surface area (Å²) in [4.78, 5) is 2.83. The Bertz CT molecular complexity index is 151. The van der Waals surface area contributed by atoms with Gasteiger partial charge in [-0.3, -0.25) is 0 Å². The van der Waals surface area contributed by atoms with Gasteiger partial charge in [0.05, 0.1) is 0 Å². The molecule has 0 amide bonds. The molecular weight excluding hydrogens is 222 g/mol. The van der Waals surface area contributed by atoms with Gasteiger partial charge >= 0.3 is 0 Å². The number of aromatic nitrogens is 1. The van der Waals surface area contributed by atoms with Gasteiger partial charge in [0.25, 0.3) is 0 Å². The van der Waals surface area contributed by atoms with Crippen LogP contribution in [0.25, 0.3) is 0 Å². The standard InChI is InChI=1S/C3H3NS2.Ag/c5-3-4-1-2-6-3;/h1-2H,(H,4,5);. The topological polar surface area (TPSA) is 15.8 Å². The Balaban J connectivity index is 0.000000360. The fourth-order valence-corrected chi connectivity index (χ4v) is 0.862. The average molecular weight is 225 g/mol. The minimum Gasteiger partial charge on any atom is -0.344 e. The second kappa shape index (κ2) is 3.57. The number of rotatable bonds is 0. The summed E-state index contributed by atoms with van der Waals surface area (Å²) in [5.74, 6) is 0. The van der Waals surface area contributed by atoms with Crippen LogP contribution in [-0.2, 0) is 22.4 Å². The molecule has 1 radical (unpaired) electrons. The van der Waals surface area contributed by atoms with Gasteiger partial charge in [0, 0.05) is 34.0 Å². The zero-order chi connectivity index (χ0) is 4.41. The van der Waals surface area contributed by atoms with E-state index in [1.807, 2.05) is 11.6 Å². The van der Waals surface area contributed by atoms with E-state index in [4.69, 9.17) is 12.2 Å². The van der Waals surface area contributed by atoms with Gasteiger partial charge in [0.2, 0.25) is 0 Å². The van der Waals surface area contributed by atoms with Crippen molar-refractivity contribution in [1.82, 2.24) is 4.98 Å². The summed E-state index contributed by atoms with van der Waals surface area (Å²) in [6, 6.07) is 0. The fourth-order valence-electron chi connectivity index (χ4n) is 0.232. The smallest absolute Gasteiger partial charge is 0.158 e. The summed E-state index contributed by atoms with van der Waals surface area (Å²) in [6.45, 7) is 0. The summed E-state index contributed by atoms with van der Waals surface area (Å²) in [7, 11) is 0. The van der Waals surface area contributed by atoms with Gasteiger partial charge in [-0.1, -0.05) is 0 Å². The molecule has 0 aliphatic heterocycles. The summed E-state index contributed by atoms with van der Waals surface area (Å²) >= 11 is 6.25. The van der Waals surface area contributed by atoms with E-state index in [1.165, 1.54) is 11.3 Å². The van der Waals surface area contributed by atoms with E-state index in [-0.39, 0.29) is 22.4 Å². The van der Waals surface area contributed by atoms with Crippen LogP contribution in [0.4, 0.5) is 0 Å². The maximum absolute atomic E-state index is 4.71. The largest absolute Gasteiger partial charge is 0.344 e. The van der Waals surface area contributed by atoms with Gasteiger partial charge in [-0.25, -0.2) is 0 Å². The van der Waals surface area contributed by atoms with Crippen molar-refractivity contribution >= 4 is 23.6 Å². The minimum atomic E-state index is 0. The summed E-state index contributed by atoms with van der Waals surface area (Å²) in [6.07, 6.45) is 1.83. The van der Waals surface area contributed by atoms with Gasteiger partial charge < -0.3 is 4.98 Å². The summed E-state index contributed by atoms with van der Waals surface area (Å²) in [5, 5.41) is 1.92. The maximum atomic E-state index is 4.71. The molecule has 1 rings (SSSR count). The first kappa shape index (κ1) is 7.59. The first-order chi connectivity index (χ1) is 2.89. The van der Waals surface area contributed by atoms with Crippen LogP contribution in [0.2, 0.25) is 0 Å². The van der Waals surface area contributed by atoms with Crippen molar-refractivity contribution < 1.29 is 22.4 Å². The fraction of sp³-hybridized carbons (Fsp3) is 0. The monoisotopic (exact) mass is 224 g/mol. The Labute approximate surface area is 66.3 Å². The number of hydrogen-bond donors (Lipinski definition) is 1. The predicted molar refractivity (Wildman–Crippen MR) is 29.5 cm³/mol. The van der Waals surface area contributed by atoms with Gasteiger partial charge in [0.1, 0.15) is 0 Å². The third-order valence-corrected chi connectivity index (χ3v) is 1.45. The molecule has 0 aliphatic carbocycles. The molecule has 0 saturated heterocycles. The Hall–Kier alpha value is 0.590. The molecule has 1 heterocycles. The van der Waals surface area contributed by atoms with E-state index in [9.17, 15) is 0 Å². The molecule has 1 aromatic heterocycles. The second-order valence-corrected chi connectivity index (χ2v) is 2.44. The number of hydrogen-bond acceptors (Lipinski definition) is 2. The third-order valence-electron chi connectivity index (χ3n) is 0.444. The summed E-state index contributed by atoms with van der Waals surface area (Å²) < 4.78 is 0.843. The SMILES string of the molecule is S=c1[nH]ccs1.[Ag]. The van der Waals surface area contributed by atoms with Crippen molar-refractivity contribution in [2.24, 2.45) is 0 Å². The van der Waals surface area contributed by atoms with Crippen LogP contribution >= 0.6 is 23.6 Å².